The van der Waals surface area contributed by atoms with Crippen molar-refractivity contribution < 1.29 is 9.53 Å². The van der Waals surface area contributed by atoms with Crippen molar-refractivity contribution in [3.05, 3.63) is 29.3 Å². The SMILES string of the molecule is Cc1ccc(C)c(NC(=O)CN(C)CC2CNCCO2)c1. The average molecular weight is 291 g/mol. The number of nitrogens with zero attached hydrogens (tertiary/aromatic N) is 1. The maximum absolute atomic E-state index is 12.1. The molecule has 0 aliphatic carbocycles. The lowest BCUT2D eigenvalue weighted by atomic mass is 10.1. The highest BCUT2D eigenvalue weighted by molar-refractivity contribution is 5.93. The second-order valence-electron chi connectivity index (χ2n) is 5.76. The fourth-order valence-corrected chi connectivity index (χ4v) is 2.45. The minimum atomic E-state index is 0.00923. The molecule has 1 aliphatic heterocycles. The Morgan fingerprint density at radius 1 is 1.48 bits per heavy atom. The molecule has 1 saturated heterocycles. The molecule has 1 atom stereocenters. The largest absolute Gasteiger partial charge is 0.374 e. The molecule has 0 bridgehead atoms. The number of aryl methyl sites for hydroxylation is 2. The van der Waals surface area contributed by atoms with Gasteiger partial charge in [0, 0.05) is 25.3 Å². The van der Waals surface area contributed by atoms with Crippen LogP contribution in [0.15, 0.2) is 18.2 Å². The van der Waals surface area contributed by atoms with Crippen LogP contribution in [0.2, 0.25) is 0 Å². The van der Waals surface area contributed by atoms with E-state index in [0.29, 0.717) is 6.54 Å². The quantitative estimate of drug-likeness (QED) is 0.855. The molecule has 1 unspecified atom stereocenters. The normalized spacial score (nSPS) is 18.8. The number of anilines is 1. The number of hydrogen-bond acceptors (Lipinski definition) is 4. The number of ether oxygens (including phenoxy) is 1. The van der Waals surface area contributed by atoms with Gasteiger partial charge in [0.05, 0.1) is 19.3 Å². The smallest absolute Gasteiger partial charge is 0.238 e. The van der Waals surface area contributed by atoms with Gasteiger partial charge in [0.1, 0.15) is 0 Å². The Morgan fingerprint density at radius 3 is 3.00 bits per heavy atom. The van der Waals surface area contributed by atoms with Crippen molar-refractivity contribution in [3.63, 3.8) is 0 Å². The Hall–Kier alpha value is -1.43. The second kappa shape index (κ2) is 7.54. The zero-order valence-corrected chi connectivity index (χ0v) is 13.1. The number of nitrogens with one attached hydrogen (secondary N) is 2. The second-order valence-corrected chi connectivity index (χ2v) is 5.76. The Morgan fingerprint density at radius 2 is 2.29 bits per heavy atom. The summed E-state index contributed by atoms with van der Waals surface area (Å²) in [7, 11) is 1.95. The highest BCUT2D eigenvalue weighted by Gasteiger charge is 2.17. The number of hydrogen-bond donors (Lipinski definition) is 2. The first-order valence-corrected chi connectivity index (χ1v) is 7.42. The van der Waals surface area contributed by atoms with E-state index in [0.717, 1.165) is 43.1 Å². The lowest BCUT2D eigenvalue weighted by molar-refractivity contribution is -0.117. The molecule has 1 aromatic rings. The molecule has 1 fully saturated rings. The van der Waals surface area contributed by atoms with E-state index in [9.17, 15) is 4.79 Å². The molecule has 116 valence electrons. The molecule has 0 saturated carbocycles. The molecule has 2 N–H and O–H groups in total. The van der Waals surface area contributed by atoms with Crippen molar-refractivity contribution in [2.24, 2.45) is 0 Å². The molecule has 0 spiro atoms. The van der Waals surface area contributed by atoms with Gasteiger partial charge < -0.3 is 15.4 Å². The van der Waals surface area contributed by atoms with Crippen molar-refractivity contribution >= 4 is 11.6 Å². The average Bonchev–Trinajstić information content (AvgIpc) is 2.43. The number of benzene rings is 1. The summed E-state index contributed by atoms with van der Waals surface area (Å²) in [5.74, 6) is 0.00923. The van der Waals surface area contributed by atoms with Crippen LogP contribution in [0, 0.1) is 13.8 Å². The first-order valence-electron chi connectivity index (χ1n) is 7.42. The van der Waals surface area contributed by atoms with Gasteiger partial charge in [-0.25, -0.2) is 0 Å². The van der Waals surface area contributed by atoms with E-state index >= 15 is 0 Å². The van der Waals surface area contributed by atoms with Gasteiger partial charge in [0.2, 0.25) is 5.91 Å². The topological polar surface area (TPSA) is 53.6 Å². The first kappa shape index (κ1) is 15.9. The van der Waals surface area contributed by atoms with Crippen LogP contribution in [0.1, 0.15) is 11.1 Å². The molecule has 0 aromatic heterocycles. The summed E-state index contributed by atoms with van der Waals surface area (Å²) in [4.78, 5) is 14.1. The zero-order valence-electron chi connectivity index (χ0n) is 13.1. The third-order valence-electron chi connectivity index (χ3n) is 3.60. The van der Waals surface area contributed by atoms with E-state index in [2.05, 4.69) is 10.6 Å². The van der Waals surface area contributed by atoms with Crippen molar-refractivity contribution in [1.29, 1.82) is 0 Å². The predicted octanol–water partition coefficient (Wildman–Crippen LogP) is 1.16. The standard InChI is InChI=1S/C16H25N3O2/c1-12-4-5-13(2)15(8-12)18-16(20)11-19(3)10-14-9-17-6-7-21-14/h4-5,8,14,17H,6-7,9-11H2,1-3H3,(H,18,20). The van der Waals surface area contributed by atoms with E-state index in [-0.39, 0.29) is 12.0 Å². The minimum Gasteiger partial charge on any atom is -0.374 e. The highest BCUT2D eigenvalue weighted by Crippen LogP contribution is 2.16. The molecule has 2 rings (SSSR count). The molecule has 1 amide bonds. The highest BCUT2D eigenvalue weighted by atomic mass is 16.5. The van der Waals surface area contributed by atoms with Gasteiger partial charge in [-0.1, -0.05) is 12.1 Å². The minimum absolute atomic E-state index is 0.00923. The summed E-state index contributed by atoms with van der Waals surface area (Å²) in [5, 5.41) is 6.28. The monoisotopic (exact) mass is 291 g/mol. The maximum atomic E-state index is 12.1. The molecule has 5 heteroatoms. The number of amides is 1. The van der Waals surface area contributed by atoms with Crippen LogP contribution < -0.4 is 10.6 Å². The van der Waals surface area contributed by atoms with Gasteiger partial charge in [-0.2, -0.15) is 0 Å². The van der Waals surface area contributed by atoms with Crippen LogP contribution in [0.25, 0.3) is 0 Å². The molecule has 0 radical (unpaired) electrons. The van der Waals surface area contributed by atoms with E-state index in [1.54, 1.807) is 0 Å². The summed E-state index contributed by atoms with van der Waals surface area (Å²) < 4.78 is 5.65. The lowest BCUT2D eigenvalue weighted by Crippen LogP contribution is -2.45. The summed E-state index contributed by atoms with van der Waals surface area (Å²) >= 11 is 0. The number of morpholine rings is 1. The Bertz CT molecular complexity index is 484. The number of rotatable bonds is 5. The molecule has 1 heterocycles. The van der Waals surface area contributed by atoms with Crippen LogP contribution in [-0.2, 0) is 9.53 Å². The fourth-order valence-electron chi connectivity index (χ4n) is 2.45. The molecule has 21 heavy (non-hydrogen) atoms. The van der Waals surface area contributed by atoms with E-state index in [1.807, 2.05) is 44.0 Å². The first-order chi connectivity index (χ1) is 10.0. The van der Waals surface area contributed by atoms with Gasteiger partial charge in [-0.3, -0.25) is 9.69 Å². The third kappa shape index (κ3) is 5.12. The van der Waals surface area contributed by atoms with Crippen LogP contribution in [0.4, 0.5) is 5.69 Å². The van der Waals surface area contributed by atoms with Gasteiger partial charge >= 0.3 is 0 Å². The number of carbonyl (C=O) groups excluding carboxylic acids is 1. The third-order valence-corrected chi connectivity index (χ3v) is 3.60. The van der Waals surface area contributed by atoms with Gasteiger partial charge in [0.25, 0.3) is 0 Å². The Labute approximate surface area is 126 Å². The van der Waals surface area contributed by atoms with Gasteiger partial charge in [0.15, 0.2) is 0 Å². The number of likely N-dealkylation sites (N-methyl/N-ethyl adjacent to an activating group) is 1. The predicted molar refractivity (Wildman–Crippen MR) is 84.7 cm³/mol. The fraction of sp³-hybridized carbons (Fsp3) is 0.562. The van der Waals surface area contributed by atoms with Crippen molar-refractivity contribution in [2.75, 3.05) is 45.2 Å². The van der Waals surface area contributed by atoms with Crippen molar-refractivity contribution in [2.45, 2.75) is 20.0 Å². The molecule has 1 aliphatic rings. The van der Waals surface area contributed by atoms with E-state index in [4.69, 9.17) is 4.74 Å². The van der Waals surface area contributed by atoms with Crippen LogP contribution >= 0.6 is 0 Å². The summed E-state index contributed by atoms with van der Waals surface area (Å²) in [6.07, 6.45) is 0.164. The van der Waals surface area contributed by atoms with E-state index in [1.165, 1.54) is 0 Å². The summed E-state index contributed by atoms with van der Waals surface area (Å²) in [5.41, 5.74) is 3.12. The number of carbonyl (C=O) groups is 1. The summed E-state index contributed by atoms with van der Waals surface area (Å²) in [6.45, 7) is 7.65. The van der Waals surface area contributed by atoms with Crippen LogP contribution in [0.3, 0.4) is 0 Å². The lowest BCUT2D eigenvalue weighted by Gasteiger charge is -2.27. The Kier molecular flexibility index (Phi) is 5.73. The van der Waals surface area contributed by atoms with Crippen LogP contribution in [0.5, 0.6) is 0 Å². The van der Waals surface area contributed by atoms with Gasteiger partial charge in [-0.15, -0.1) is 0 Å². The van der Waals surface area contributed by atoms with E-state index < -0.39 is 0 Å². The molecule has 5 nitrogen and oxygen atoms in total. The molecular formula is C16H25N3O2. The maximum Gasteiger partial charge on any atom is 0.238 e. The molecule has 1 aromatic carbocycles. The van der Waals surface area contributed by atoms with Crippen LogP contribution in [-0.4, -0.2) is 56.7 Å². The van der Waals surface area contributed by atoms with Crippen molar-refractivity contribution in [1.82, 2.24) is 10.2 Å². The zero-order chi connectivity index (χ0) is 15.2. The van der Waals surface area contributed by atoms with Gasteiger partial charge in [-0.05, 0) is 38.1 Å². The summed E-state index contributed by atoms with van der Waals surface area (Å²) in [6, 6.07) is 6.07. The molecular weight excluding hydrogens is 266 g/mol. The van der Waals surface area contributed by atoms with Crippen molar-refractivity contribution in [3.8, 4) is 0 Å². The Balaban J connectivity index is 1.81.